The number of rotatable bonds is 3. The summed E-state index contributed by atoms with van der Waals surface area (Å²) in [5, 5.41) is 13.8. The van der Waals surface area contributed by atoms with E-state index in [1.165, 1.54) is 0 Å². The Labute approximate surface area is 120 Å². The number of anilines is 1. The predicted octanol–water partition coefficient (Wildman–Crippen LogP) is 4.86. The molecule has 0 radical (unpaired) electrons. The molecule has 0 saturated heterocycles. The average molecular weight is 270 g/mol. The number of allylic oxidation sites excluding steroid dienone is 3. The lowest BCUT2D eigenvalue weighted by molar-refractivity contribution is 0.476. The minimum atomic E-state index is 0.229. The van der Waals surface area contributed by atoms with Crippen molar-refractivity contribution in [2.75, 3.05) is 5.32 Å². The first kappa shape index (κ1) is 15.8. The molecule has 2 rings (SSSR count). The van der Waals surface area contributed by atoms with E-state index in [4.69, 9.17) is 0 Å². The van der Waals surface area contributed by atoms with Gasteiger partial charge in [-0.05, 0) is 38.1 Å². The van der Waals surface area contributed by atoms with Crippen LogP contribution in [0, 0.1) is 0 Å². The van der Waals surface area contributed by atoms with Crippen molar-refractivity contribution in [3.8, 4) is 5.75 Å². The smallest absolute Gasteiger partial charge is 0.117 e. The van der Waals surface area contributed by atoms with Crippen LogP contribution in [0.15, 0.2) is 54.4 Å². The van der Waals surface area contributed by atoms with Gasteiger partial charge in [0.05, 0.1) is 5.52 Å². The summed E-state index contributed by atoms with van der Waals surface area (Å²) in [5.74, 6) is 0.229. The highest BCUT2D eigenvalue weighted by atomic mass is 16.3. The van der Waals surface area contributed by atoms with Crippen molar-refractivity contribution in [3.05, 3.63) is 54.4 Å². The number of benzene rings is 1. The highest BCUT2D eigenvalue weighted by Gasteiger charge is 2.03. The maximum absolute atomic E-state index is 9.45. The van der Waals surface area contributed by atoms with E-state index in [0.717, 1.165) is 22.3 Å². The molecule has 0 bridgehead atoms. The van der Waals surface area contributed by atoms with Gasteiger partial charge in [0, 0.05) is 29.0 Å². The van der Waals surface area contributed by atoms with Gasteiger partial charge in [0.15, 0.2) is 0 Å². The first-order chi connectivity index (χ1) is 9.74. The Morgan fingerprint density at radius 2 is 1.95 bits per heavy atom. The van der Waals surface area contributed by atoms with Gasteiger partial charge in [0.2, 0.25) is 0 Å². The fourth-order valence-electron chi connectivity index (χ4n) is 1.79. The quantitative estimate of drug-likeness (QED) is 0.783. The lowest BCUT2D eigenvalue weighted by atomic mass is 10.1. The molecule has 0 aliphatic rings. The fourth-order valence-corrected chi connectivity index (χ4v) is 1.79. The molecule has 3 nitrogen and oxygen atoms in total. The monoisotopic (exact) mass is 270 g/mol. The Balaban J connectivity index is 0.000000956. The molecular weight excluding hydrogens is 248 g/mol. The Morgan fingerprint density at radius 3 is 2.60 bits per heavy atom. The van der Waals surface area contributed by atoms with Crippen LogP contribution in [0.1, 0.15) is 27.7 Å². The van der Waals surface area contributed by atoms with E-state index in [0.29, 0.717) is 0 Å². The van der Waals surface area contributed by atoms with Gasteiger partial charge in [-0.25, -0.2) is 0 Å². The number of nitrogens with one attached hydrogen (secondary N) is 1. The summed E-state index contributed by atoms with van der Waals surface area (Å²) >= 11 is 0. The van der Waals surface area contributed by atoms with Gasteiger partial charge in [-0.3, -0.25) is 4.98 Å². The normalized spacial score (nSPS) is 11.3. The second kappa shape index (κ2) is 8.00. The number of phenols is 1. The molecule has 1 heterocycles. The summed E-state index contributed by atoms with van der Waals surface area (Å²) in [4.78, 5) is 4.24. The number of hydrogen-bond donors (Lipinski definition) is 2. The van der Waals surface area contributed by atoms with E-state index in [-0.39, 0.29) is 5.75 Å². The molecule has 0 aliphatic carbocycles. The third-order valence-corrected chi connectivity index (χ3v) is 2.66. The van der Waals surface area contributed by atoms with Crippen LogP contribution in [0.4, 0.5) is 5.69 Å². The molecular formula is C17H22N2O. The van der Waals surface area contributed by atoms with Gasteiger partial charge in [-0.2, -0.15) is 0 Å². The van der Waals surface area contributed by atoms with Crippen molar-refractivity contribution in [2.24, 2.45) is 0 Å². The molecule has 2 aromatic rings. The van der Waals surface area contributed by atoms with E-state index in [2.05, 4.69) is 10.3 Å². The van der Waals surface area contributed by atoms with Crippen LogP contribution in [-0.4, -0.2) is 10.1 Å². The zero-order chi connectivity index (χ0) is 15.0. The minimum Gasteiger partial charge on any atom is -0.508 e. The number of pyridine rings is 1. The third kappa shape index (κ3) is 3.85. The molecule has 20 heavy (non-hydrogen) atoms. The molecule has 0 atom stereocenters. The van der Waals surface area contributed by atoms with E-state index in [1.54, 1.807) is 18.3 Å². The number of aromatic nitrogens is 1. The van der Waals surface area contributed by atoms with E-state index >= 15 is 0 Å². The highest BCUT2D eigenvalue weighted by molar-refractivity contribution is 5.92. The average Bonchev–Trinajstić information content (AvgIpc) is 2.48. The maximum Gasteiger partial charge on any atom is 0.117 e. The second-order valence-electron chi connectivity index (χ2n) is 3.93. The number of phenolic OH excluding ortho intramolecular Hbond substituents is 1. The Hall–Kier alpha value is -2.29. The van der Waals surface area contributed by atoms with Gasteiger partial charge in [0.1, 0.15) is 5.75 Å². The fraction of sp³-hybridized carbons (Fsp3) is 0.235. The van der Waals surface area contributed by atoms with Crippen LogP contribution in [-0.2, 0) is 0 Å². The molecule has 106 valence electrons. The van der Waals surface area contributed by atoms with Gasteiger partial charge >= 0.3 is 0 Å². The van der Waals surface area contributed by atoms with Gasteiger partial charge in [-0.1, -0.05) is 26.0 Å². The Morgan fingerprint density at radius 1 is 1.20 bits per heavy atom. The minimum absolute atomic E-state index is 0.229. The van der Waals surface area contributed by atoms with Crippen LogP contribution in [0.5, 0.6) is 5.75 Å². The lowest BCUT2D eigenvalue weighted by Gasteiger charge is -2.10. The number of hydrogen-bond acceptors (Lipinski definition) is 3. The van der Waals surface area contributed by atoms with Crippen molar-refractivity contribution in [3.63, 3.8) is 0 Å². The van der Waals surface area contributed by atoms with Crippen LogP contribution < -0.4 is 5.32 Å². The number of nitrogens with zero attached hydrogens (tertiary/aromatic N) is 1. The summed E-state index contributed by atoms with van der Waals surface area (Å²) in [5.41, 5.74) is 2.78. The van der Waals surface area contributed by atoms with Crippen LogP contribution in [0.3, 0.4) is 0 Å². The molecule has 0 unspecified atom stereocenters. The summed E-state index contributed by atoms with van der Waals surface area (Å²) in [6, 6.07) is 7.11. The number of fused-ring (bicyclic) bond motifs is 1. The molecule has 0 amide bonds. The predicted molar refractivity (Wildman–Crippen MR) is 86.9 cm³/mol. The second-order valence-corrected chi connectivity index (χ2v) is 3.93. The lowest BCUT2D eigenvalue weighted by Crippen LogP contribution is -1.97. The van der Waals surface area contributed by atoms with Crippen molar-refractivity contribution in [1.82, 2.24) is 4.98 Å². The first-order valence-electron chi connectivity index (χ1n) is 6.88. The molecule has 0 spiro atoms. The van der Waals surface area contributed by atoms with Crippen molar-refractivity contribution in [1.29, 1.82) is 0 Å². The molecule has 0 aliphatic heterocycles. The molecule has 0 fully saturated rings. The molecule has 2 N–H and O–H groups in total. The van der Waals surface area contributed by atoms with Crippen molar-refractivity contribution in [2.45, 2.75) is 27.7 Å². The van der Waals surface area contributed by atoms with E-state index < -0.39 is 0 Å². The maximum atomic E-state index is 9.45. The molecule has 0 saturated carbocycles. The van der Waals surface area contributed by atoms with E-state index in [1.807, 2.05) is 58.1 Å². The Bertz CT molecular complexity index is 615. The molecule has 1 aromatic heterocycles. The Kier molecular flexibility index (Phi) is 6.30. The standard InChI is InChI=1S/C15H16N2O.C2H6/c1-3-5-11(4-2)17-14-8-9-16-15-10-12(18)6-7-13(14)15;1-2/h3-10,18H,1-2H3,(H,16,17);1-2H3/b5-3-,11-4+;. The summed E-state index contributed by atoms with van der Waals surface area (Å²) in [7, 11) is 0. The van der Waals surface area contributed by atoms with Crippen molar-refractivity contribution < 1.29 is 5.11 Å². The first-order valence-corrected chi connectivity index (χ1v) is 6.88. The zero-order valence-electron chi connectivity index (χ0n) is 12.5. The van der Waals surface area contributed by atoms with Gasteiger partial charge in [-0.15, -0.1) is 0 Å². The topological polar surface area (TPSA) is 45.2 Å². The zero-order valence-corrected chi connectivity index (χ0v) is 12.5. The summed E-state index contributed by atoms with van der Waals surface area (Å²) < 4.78 is 0. The highest BCUT2D eigenvalue weighted by Crippen LogP contribution is 2.25. The van der Waals surface area contributed by atoms with Crippen molar-refractivity contribution >= 4 is 16.6 Å². The SMILES string of the molecule is C/C=C\C(=C/C)Nc1ccnc2cc(O)ccc12.CC. The van der Waals surface area contributed by atoms with Crippen LogP contribution in [0.2, 0.25) is 0 Å². The third-order valence-electron chi connectivity index (χ3n) is 2.66. The van der Waals surface area contributed by atoms with Crippen LogP contribution in [0.25, 0.3) is 10.9 Å². The van der Waals surface area contributed by atoms with Crippen LogP contribution >= 0.6 is 0 Å². The molecule has 3 heteroatoms. The van der Waals surface area contributed by atoms with E-state index in [9.17, 15) is 5.11 Å². The van der Waals surface area contributed by atoms with Gasteiger partial charge < -0.3 is 10.4 Å². The number of aromatic hydroxyl groups is 1. The van der Waals surface area contributed by atoms with Gasteiger partial charge in [0.25, 0.3) is 0 Å². The summed E-state index contributed by atoms with van der Waals surface area (Å²) in [6.45, 7) is 7.96. The molecule has 1 aromatic carbocycles. The largest absolute Gasteiger partial charge is 0.508 e. The summed E-state index contributed by atoms with van der Waals surface area (Å²) in [6.07, 6.45) is 7.73.